The molecular weight excluding hydrogens is 386 g/mol. The highest BCUT2D eigenvalue weighted by Crippen LogP contribution is 2.34. The first-order valence-corrected chi connectivity index (χ1v) is 10.2. The molecule has 1 aromatic heterocycles. The molecule has 3 N–H and O–H groups in total. The van der Waals surface area contributed by atoms with E-state index in [4.69, 9.17) is 0 Å². The first-order valence-electron chi connectivity index (χ1n) is 10.2. The van der Waals surface area contributed by atoms with E-state index in [1.165, 1.54) is 6.07 Å². The molecule has 10 nitrogen and oxygen atoms in total. The lowest BCUT2D eigenvalue weighted by atomic mass is 9.87. The third-order valence-corrected chi connectivity index (χ3v) is 5.62. The van der Waals surface area contributed by atoms with Gasteiger partial charge in [-0.15, -0.1) is 0 Å². The quantitative estimate of drug-likeness (QED) is 0.468. The number of rotatable bonds is 7. The minimum Gasteiger partial charge on any atom is -0.383 e. The number of hydrogen-bond donors (Lipinski definition) is 3. The maximum atomic E-state index is 13.1. The van der Waals surface area contributed by atoms with E-state index in [0.29, 0.717) is 35.5 Å². The van der Waals surface area contributed by atoms with Crippen LogP contribution in [0.1, 0.15) is 54.6 Å². The van der Waals surface area contributed by atoms with Crippen LogP contribution in [0, 0.1) is 23.0 Å². The average molecular weight is 415 g/mol. The van der Waals surface area contributed by atoms with Gasteiger partial charge in [0, 0.05) is 26.2 Å². The molecule has 0 spiro atoms. The average Bonchev–Trinajstić information content (AvgIpc) is 3.12. The summed E-state index contributed by atoms with van der Waals surface area (Å²) in [5.41, 5.74) is 1.07. The Bertz CT molecular complexity index is 919. The highest BCUT2D eigenvalue weighted by Gasteiger charge is 2.26. The van der Waals surface area contributed by atoms with E-state index in [0.717, 1.165) is 25.7 Å². The molecule has 0 radical (unpaired) electrons. The van der Waals surface area contributed by atoms with Gasteiger partial charge in [-0.3, -0.25) is 20.0 Å². The summed E-state index contributed by atoms with van der Waals surface area (Å²) in [5, 5.41) is 24.4. The number of amides is 1. The molecule has 0 unspecified atom stereocenters. The van der Waals surface area contributed by atoms with E-state index in [-0.39, 0.29) is 23.2 Å². The Morgan fingerprint density at radius 2 is 2.03 bits per heavy atom. The SMILES string of the molecule is CNc1cc(N(C)Cc2nc(C)n[nH]2)c(C(=O)N[C@H]2CC[C@H](C)CC2)cc1[N+](=O)[O-]. The Morgan fingerprint density at radius 1 is 1.33 bits per heavy atom. The van der Waals surface area contributed by atoms with Crippen molar-refractivity contribution in [3.63, 3.8) is 0 Å². The van der Waals surface area contributed by atoms with Gasteiger partial charge in [-0.25, -0.2) is 4.98 Å². The van der Waals surface area contributed by atoms with Crippen LogP contribution in [-0.4, -0.2) is 46.1 Å². The maximum Gasteiger partial charge on any atom is 0.293 e. The predicted octanol–water partition coefficient (Wildman–Crippen LogP) is 3.01. The largest absolute Gasteiger partial charge is 0.383 e. The van der Waals surface area contributed by atoms with Gasteiger partial charge in [-0.2, -0.15) is 5.10 Å². The molecule has 0 aliphatic heterocycles. The van der Waals surface area contributed by atoms with Crippen LogP contribution in [0.5, 0.6) is 0 Å². The van der Waals surface area contributed by atoms with Gasteiger partial charge in [0.1, 0.15) is 17.3 Å². The number of H-pyrrole nitrogens is 1. The second-order valence-corrected chi connectivity index (χ2v) is 8.01. The fourth-order valence-corrected chi connectivity index (χ4v) is 3.86. The molecule has 1 saturated carbocycles. The topological polar surface area (TPSA) is 129 Å². The number of anilines is 2. The van der Waals surface area contributed by atoms with Crippen molar-refractivity contribution in [1.82, 2.24) is 20.5 Å². The molecule has 3 rings (SSSR count). The van der Waals surface area contributed by atoms with Crippen molar-refractivity contribution in [3.05, 3.63) is 39.5 Å². The van der Waals surface area contributed by atoms with Crippen molar-refractivity contribution >= 4 is 23.0 Å². The van der Waals surface area contributed by atoms with Crippen LogP contribution in [0.15, 0.2) is 12.1 Å². The highest BCUT2D eigenvalue weighted by molar-refractivity contribution is 6.02. The lowest BCUT2D eigenvalue weighted by Gasteiger charge is -2.28. The van der Waals surface area contributed by atoms with Crippen molar-refractivity contribution in [2.24, 2.45) is 5.92 Å². The van der Waals surface area contributed by atoms with E-state index in [9.17, 15) is 14.9 Å². The van der Waals surface area contributed by atoms with Gasteiger partial charge >= 0.3 is 0 Å². The molecule has 1 fully saturated rings. The summed E-state index contributed by atoms with van der Waals surface area (Å²) >= 11 is 0. The Kier molecular flexibility index (Phi) is 6.53. The smallest absolute Gasteiger partial charge is 0.293 e. The van der Waals surface area contributed by atoms with E-state index in [1.54, 1.807) is 20.0 Å². The number of hydrogen-bond acceptors (Lipinski definition) is 7. The summed E-state index contributed by atoms with van der Waals surface area (Å²) in [6.45, 7) is 4.38. The predicted molar refractivity (Wildman–Crippen MR) is 115 cm³/mol. The lowest BCUT2D eigenvalue weighted by molar-refractivity contribution is -0.383. The fraction of sp³-hybridized carbons (Fsp3) is 0.550. The number of nitro groups is 1. The van der Waals surface area contributed by atoms with Crippen LogP contribution in [0.2, 0.25) is 0 Å². The molecule has 0 atom stereocenters. The zero-order valence-electron chi connectivity index (χ0n) is 17.9. The molecule has 1 aromatic carbocycles. The van der Waals surface area contributed by atoms with Crippen molar-refractivity contribution in [2.75, 3.05) is 24.3 Å². The van der Waals surface area contributed by atoms with Crippen molar-refractivity contribution in [1.29, 1.82) is 0 Å². The van der Waals surface area contributed by atoms with Gasteiger partial charge < -0.3 is 15.5 Å². The Labute approximate surface area is 175 Å². The number of benzene rings is 1. The summed E-state index contributed by atoms with van der Waals surface area (Å²) in [6.07, 6.45) is 3.99. The summed E-state index contributed by atoms with van der Waals surface area (Å²) in [5.74, 6) is 1.65. The van der Waals surface area contributed by atoms with Crippen molar-refractivity contribution in [3.8, 4) is 0 Å². The third-order valence-electron chi connectivity index (χ3n) is 5.62. The van der Waals surface area contributed by atoms with Crippen LogP contribution < -0.4 is 15.5 Å². The number of carbonyl (C=O) groups excluding carboxylic acids is 1. The summed E-state index contributed by atoms with van der Waals surface area (Å²) in [4.78, 5) is 30.4. The minimum absolute atomic E-state index is 0.0896. The number of nitrogens with one attached hydrogen (secondary N) is 3. The Hall–Kier alpha value is -3.17. The summed E-state index contributed by atoms with van der Waals surface area (Å²) in [6, 6.07) is 3.08. The molecule has 1 aliphatic carbocycles. The van der Waals surface area contributed by atoms with Crippen LogP contribution in [0.4, 0.5) is 17.1 Å². The molecule has 10 heteroatoms. The van der Waals surface area contributed by atoms with Gasteiger partial charge in [0.2, 0.25) is 0 Å². The summed E-state index contributed by atoms with van der Waals surface area (Å²) in [7, 11) is 3.44. The molecule has 162 valence electrons. The first-order chi connectivity index (χ1) is 14.3. The standard InChI is InChI=1S/C20H29N7O3/c1-12-5-7-14(8-6-12)23-20(28)15-9-18(27(29)30)16(21-3)10-17(15)26(4)11-19-22-13(2)24-25-19/h9-10,12,14,21H,5-8,11H2,1-4H3,(H,23,28)(H,22,24,25)/t12-,14-. The molecular formula is C20H29N7O3. The Morgan fingerprint density at radius 3 is 2.60 bits per heavy atom. The lowest BCUT2D eigenvalue weighted by Crippen LogP contribution is -2.38. The second kappa shape index (κ2) is 9.10. The number of aryl methyl sites for hydroxylation is 1. The van der Waals surface area contributed by atoms with Gasteiger partial charge in [0.05, 0.1) is 22.7 Å². The first kappa shape index (κ1) is 21.5. The molecule has 2 aromatic rings. The number of nitrogens with zero attached hydrogens (tertiary/aromatic N) is 4. The van der Waals surface area contributed by atoms with Crippen molar-refractivity contribution < 1.29 is 9.72 Å². The van der Waals surface area contributed by atoms with E-state index < -0.39 is 4.92 Å². The number of aromatic nitrogens is 3. The number of nitro benzene ring substituents is 1. The zero-order valence-corrected chi connectivity index (χ0v) is 17.9. The summed E-state index contributed by atoms with van der Waals surface area (Å²) < 4.78 is 0. The van der Waals surface area contributed by atoms with Crippen molar-refractivity contribution in [2.45, 2.75) is 52.1 Å². The second-order valence-electron chi connectivity index (χ2n) is 8.01. The van der Waals surface area contributed by atoms with Gasteiger partial charge in [-0.05, 0) is 44.6 Å². The minimum atomic E-state index is -0.478. The normalized spacial score (nSPS) is 18.7. The number of carbonyl (C=O) groups is 1. The molecule has 0 saturated heterocycles. The van der Waals surface area contributed by atoms with Gasteiger partial charge in [0.25, 0.3) is 11.6 Å². The van der Waals surface area contributed by atoms with Gasteiger partial charge in [-0.1, -0.05) is 6.92 Å². The zero-order chi connectivity index (χ0) is 21.8. The van der Waals surface area contributed by atoms with Crippen LogP contribution >= 0.6 is 0 Å². The fourth-order valence-electron chi connectivity index (χ4n) is 3.86. The molecule has 30 heavy (non-hydrogen) atoms. The molecule has 0 bridgehead atoms. The maximum absolute atomic E-state index is 13.1. The van der Waals surface area contributed by atoms with E-state index >= 15 is 0 Å². The monoisotopic (exact) mass is 415 g/mol. The third kappa shape index (κ3) is 4.87. The number of aromatic amines is 1. The molecule has 1 amide bonds. The van der Waals surface area contributed by atoms with Crippen LogP contribution in [-0.2, 0) is 6.54 Å². The van der Waals surface area contributed by atoms with E-state index in [2.05, 4.69) is 32.7 Å². The van der Waals surface area contributed by atoms with Crippen LogP contribution in [0.3, 0.4) is 0 Å². The highest BCUT2D eigenvalue weighted by atomic mass is 16.6. The van der Waals surface area contributed by atoms with Crippen LogP contribution in [0.25, 0.3) is 0 Å². The Balaban J connectivity index is 1.92. The van der Waals surface area contributed by atoms with Gasteiger partial charge in [0.15, 0.2) is 0 Å². The molecule has 1 aliphatic rings. The molecule has 1 heterocycles. The van der Waals surface area contributed by atoms with E-state index in [1.807, 2.05) is 11.9 Å².